The molecule has 108 valence electrons. The van der Waals surface area contributed by atoms with E-state index in [1.54, 1.807) is 0 Å². The van der Waals surface area contributed by atoms with Crippen LogP contribution >= 0.6 is 11.6 Å². The van der Waals surface area contributed by atoms with Crippen molar-refractivity contribution >= 4 is 17.5 Å². The molecular weight excluding hydrogens is 301 g/mol. The van der Waals surface area contributed by atoms with Crippen molar-refractivity contribution in [3.63, 3.8) is 0 Å². The highest BCUT2D eigenvalue weighted by atomic mass is 35.5. The van der Waals surface area contributed by atoms with E-state index in [1.807, 2.05) is 0 Å². The standard InChI is InChI=1S/C9H8ClF3N6O/c10-6-16-7(15-3-5(20)9(11,12)13)18-8(17-6)19-2-1-14-4-19/h1-2,4-5,20H,3H2,(H,15,16,17,18). The highest BCUT2D eigenvalue weighted by Gasteiger charge is 2.38. The number of alkyl halides is 3. The first kappa shape index (κ1) is 14.5. The summed E-state index contributed by atoms with van der Waals surface area (Å²) in [7, 11) is 0. The molecule has 0 aliphatic rings. The van der Waals surface area contributed by atoms with Crippen molar-refractivity contribution in [3.8, 4) is 5.95 Å². The van der Waals surface area contributed by atoms with Crippen LogP contribution in [0.2, 0.25) is 5.28 Å². The summed E-state index contributed by atoms with van der Waals surface area (Å²) in [5.74, 6) is -0.0940. The zero-order valence-corrected chi connectivity index (χ0v) is 10.5. The molecule has 2 aromatic heterocycles. The lowest BCUT2D eigenvalue weighted by Gasteiger charge is -2.15. The zero-order chi connectivity index (χ0) is 14.8. The van der Waals surface area contributed by atoms with Gasteiger partial charge in [0.1, 0.15) is 6.33 Å². The molecule has 0 aliphatic heterocycles. The highest BCUT2D eigenvalue weighted by Crippen LogP contribution is 2.20. The maximum Gasteiger partial charge on any atom is 0.416 e. The first-order valence-corrected chi connectivity index (χ1v) is 5.62. The number of anilines is 1. The van der Waals surface area contributed by atoms with Crippen LogP contribution in [0.5, 0.6) is 0 Å². The van der Waals surface area contributed by atoms with Crippen molar-refractivity contribution in [1.82, 2.24) is 24.5 Å². The molecule has 1 atom stereocenters. The minimum absolute atomic E-state index is 0.0894. The number of aliphatic hydroxyl groups is 1. The van der Waals surface area contributed by atoms with Gasteiger partial charge >= 0.3 is 6.18 Å². The fraction of sp³-hybridized carbons (Fsp3) is 0.333. The summed E-state index contributed by atoms with van der Waals surface area (Å²) < 4.78 is 37.9. The fourth-order valence-corrected chi connectivity index (χ4v) is 1.37. The van der Waals surface area contributed by atoms with Crippen LogP contribution in [0.3, 0.4) is 0 Å². The lowest BCUT2D eigenvalue weighted by atomic mass is 10.3. The molecule has 2 rings (SSSR count). The molecule has 2 N–H and O–H groups in total. The SMILES string of the molecule is OC(CNc1nc(Cl)nc(-n2ccnc2)n1)C(F)(F)F. The molecule has 0 amide bonds. The Labute approximate surface area is 115 Å². The van der Waals surface area contributed by atoms with Gasteiger partial charge in [-0.15, -0.1) is 0 Å². The summed E-state index contributed by atoms with van der Waals surface area (Å²) in [6, 6.07) is 0. The van der Waals surface area contributed by atoms with Gasteiger partial charge in [0.2, 0.25) is 17.2 Å². The van der Waals surface area contributed by atoms with Crippen molar-refractivity contribution in [1.29, 1.82) is 0 Å². The largest absolute Gasteiger partial charge is 0.416 e. The van der Waals surface area contributed by atoms with Crippen molar-refractivity contribution < 1.29 is 18.3 Å². The first-order chi connectivity index (χ1) is 9.36. The molecule has 11 heteroatoms. The van der Waals surface area contributed by atoms with E-state index in [-0.39, 0.29) is 17.2 Å². The van der Waals surface area contributed by atoms with Crippen LogP contribution < -0.4 is 5.32 Å². The Morgan fingerprint density at radius 2 is 2.10 bits per heavy atom. The Morgan fingerprint density at radius 1 is 1.35 bits per heavy atom. The third-order valence-electron chi connectivity index (χ3n) is 2.16. The lowest BCUT2D eigenvalue weighted by Crippen LogP contribution is -2.35. The van der Waals surface area contributed by atoms with Gasteiger partial charge < -0.3 is 10.4 Å². The molecule has 0 spiro atoms. The van der Waals surface area contributed by atoms with E-state index in [9.17, 15) is 13.2 Å². The number of nitrogens with one attached hydrogen (secondary N) is 1. The third-order valence-corrected chi connectivity index (χ3v) is 2.33. The number of aromatic nitrogens is 5. The Kier molecular flexibility index (Phi) is 4.04. The monoisotopic (exact) mass is 308 g/mol. The summed E-state index contributed by atoms with van der Waals surface area (Å²) in [4.78, 5) is 15.0. The molecule has 2 aromatic rings. The van der Waals surface area contributed by atoms with Gasteiger partial charge in [0.15, 0.2) is 6.10 Å². The number of hydrogen-bond donors (Lipinski definition) is 2. The minimum atomic E-state index is -4.73. The van der Waals surface area contributed by atoms with Crippen LogP contribution in [-0.2, 0) is 0 Å². The normalized spacial score (nSPS) is 13.2. The topological polar surface area (TPSA) is 88.8 Å². The number of halogens is 4. The van der Waals surface area contributed by atoms with Crippen LogP contribution in [0.1, 0.15) is 0 Å². The van der Waals surface area contributed by atoms with E-state index in [4.69, 9.17) is 16.7 Å². The molecule has 0 radical (unpaired) electrons. The second-order valence-corrected chi connectivity index (χ2v) is 3.97. The van der Waals surface area contributed by atoms with Crippen LogP contribution in [0, 0.1) is 0 Å². The second-order valence-electron chi connectivity index (χ2n) is 3.64. The quantitative estimate of drug-likeness (QED) is 0.877. The van der Waals surface area contributed by atoms with Gasteiger partial charge in [-0.2, -0.15) is 28.1 Å². The van der Waals surface area contributed by atoms with Crippen LogP contribution in [0.15, 0.2) is 18.7 Å². The maximum absolute atomic E-state index is 12.2. The molecule has 1 unspecified atom stereocenters. The molecule has 0 aromatic carbocycles. The molecule has 0 saturated heterocycles. The van der Waals surface area contributed by atoms with Gasteiger partial charge in [-0.3, -0.25) is 4.57 Å². The zero-order valence-electron chi connectivity index (χ0n) is 9.71. The summed E-state index contributed by atoms with van der Waals surface area (Å²) in [6.45, 7) is -0.798. The summed E-state index contributed by atoms with van der Waals surface area (Å²) >= 11 is 5.65. The predicted octanol–water partition coefficient (Wildman–Crippen LogP) is 1.05. The van der Waals surface area contributed by atoms with E-state index in [1.165, 1.54) is 23.3 Å². The van der Waals surface area contributed by atoms with Gasteiger partial charge in [-0.05, 0) is 11.6 Å². The minimum Gasteiger partial charge on any atom is -0.382 e. The molecular formula is C9H8ClF3N6O. The Hall–Kier alpha value is -1.94. The lowest BCUT2D eigenvalue weighted by molar-refractivity contribution is -0.198. The summed E-state index contributed by atoms with van der Waals surface area (Å²) in [5, 5.41) is 10.9. The number of rotatable bonds is 4. The molecule has 2 heterocycles. The van der Waals surface area contributed by atoms with E-state index in [0.717, 1.165) is 0 Å². The van der Waals surface area contributed by atoms with E-state index in [2.05, 4.69) is 25.3 Å². The first-order valence-electron chi connectivity index (χ1n) is 5.25. The second kappa shape index (κ2) is 5.59. The van der Waals surface area contributed by atoms with Crippen LogP contribution in [0.4, 0.5) is 19.1 Å². The van der Waals surface area contributed by atoms with Crippen molar-refractivity contribution in [3.05, 3.63) is 24.0 Å². The highest BCUT2D eigenvalue weighted by molar-refractivity contribution is 6.28. The van der Waals surface area contributed by atoms with Crippen LogP contribution in [0.25, 0.3) is 5.95 Å². The maximum atomic E-state index is 12.2. The van der Waals surface area contributed by atoms with Gasteiger partial charge in [0.25, 0.3) is 0 Å². The van der Waals surface area contributed by atoms with Crippen molar-refractivity contribution in [2.75, 3.05) is 11.9 Å². The van der Waals surface area contributed by atoms with Crippen LogP contribution in [-0.4, -0.2) is 48.4 Å². The molecule has 7 nitrogen and oxygen atoms in total. The molecule has 0 saturated carbocycles. The third kappa shape index (κ3) is 3.54. The Balaban J connectivity index is 2.13. The molecule has 0 fully saturated rings. The van der Waals surface area contributed by atoms with Gasteiger partial charge in [0, 0.05) is 12.4 Å². The summed E-state index contributed by atoms with van der Waals surface area (Å²) in [5.41, 5.74) is 0. The predicted molar refractivity (Wildman–Crippen MR) is 62.5 cm³/mol. The molecule has 20 heavy (non-hydrogen) atoms. The fourth-order valence-electron chi connectivity index (χ4n) is 1.22. The number of imidazole rings is 1. The number of nitrogens with zero attached hydrogens (tertiary/aromatic N) is 5. The molecule has 0 aliphatic carbocycles. The number of aliphatic hydroxyl groups excluding tert-OH is 1. The molecule has 0 bridgehead atoms. The Bertz CT molecular complexity index is 576. The van der Waals surface area contributed by atoms with Gasteiger partial charge in [0.05, 0.1) is 6.54 Å². The smallest absolute Gasteiger partial charge is 0.382 e. The average molecular weight is 309 g/mol. The average Bonchev–Trinajstić information content (AvgIpc) is 2.88. The van der Waals surface area contributed by atoms with Crippen molar-refractivity contribution in [2.45, 2.75) is 12.3 Å². The van der Waals surface area contributed by atoms with E-state index in [0.29, 0.717) is 0 Å². The van der Waals surface area contributed by atoms with E-state index >= 15 is 0 Å². The Morgan fingerprint density at radius 3 is 2.70 bits per heavy atom. The number of hydrogen-bond acceptors (Lipinski definition) is 6. The summed E-state index contributed by atoms with van der Waals surface area (Å²) in [6.07, 6.45) is -2.87. The van der Waals surface area contributed by atoms with Gasteiger partial charge in [-0.25, -0.2) is 4.98 Å². The van der Waals surface area contributed by atoms with E-state index < -0.39 is 18.8 Å². The van der Waals surface area contributed by atoms with Crippen molar-refractivity contribution in [2.24, 2.45) is 0 Å². The van der Waals surface area contributed by atoms with Gasteiger partial charge in [-0.1, -0.05) is 0 Å².